The second-order valence-electron chi connectivity index (χ2n) is 3.95. The molecule has 0 spiro atoms. The van der Waals surface area contributed by atoms with E-state index in [1.807, 2.05) is 17.9 Å². The Balaban J connectivity index is 2.68. The molecule has 3 nitrogen and oxygen atoms in total. The van der Waals surface area contributed by atoms with Crippen LogP contribution in [0, 0.1) is 0 Å². The Hall–Kier alpha value is -0.770. The first-order valence-corrected chi connectivity index (χ1v) is 7.29. The summed E-state index contributed by atoms with van der Waals surface area (Å²) in [6.45, 7) is 5.66. The highest BCUT2D eigenvalue weighted by Crippen LogP contribution is 2.12. The predicted octanol–water partition coefficient (Wildman–Crippen LogP) is 3.48. The van der Waals surface area contributed by atoms with Gasteiger partial charge in [-0.15, -0.1) is 0 Å². The predicted molar refractivity (Wildman–Crippen MR) is 72.7 cm³/mol. The molecule has 1 aromatic rings. The second-order valence-corrected chi connectivity index (χ2v) is 4.75. The van der Waals surface area contributed by atoms with Crippen LogP contribution < -0.4 is 0 Å². The molecular weight excluding hydrogens is 282 g/mol. The van der Waals surface area contributed by atoms with Crippen molar-refractivity contribution < 1.29 is 9.21 Å². The van der Waals surface area contributed by atoms with Crippen LogP contribution in [-0.4, -0.2) is 29.2 Å². The molecule has 1 heterocycles. The van der Waals surface area contributed by atoms with E-state index < -0.39 is 0 Å². The zero-order valence-corrected chi connectivity index (χ0v) is 12.1. The van der Waals surface area contributed by atoms with E-state index in [9.17, 15) is 4.79 Å². The average Bonchev–Trinajstić information content (AvgIpc) is 2.82. The topological polar surface area (TPSA) is 33.5 Å². The number of alkyl halides is 1. The molecular formula is C13H20BrNO2. The van der Waals surface area contributed by atoms with Gasteiger partial charge in [-0.05, 0) is 18.6 Å². The van der Waals surface area contributed by atoms with Gasteiger partial charge in [0.15, 0.2) is 5.76 Å². The maximum absolute atomic E-state index is 12.2. The third-order valence-electron chi connectivity index (χ3n) is 2.64. The van der Waals surface area contributed by atoms with Crippen molar-refractivity contribution in [3.63, 3.8) is 0 Å². The van der Waals surface area contributed by atoms with Crippen LogP contribution in [0.25, 0.3) is 0 Å². The summed E-state index contributed by atoms with van der Waals surface area (Å²) in [4.78, 5) is 14.0. The van der Waals surface area contributed by atoms with Gasteiger partial charge in [-0.3, -0.25) is 4.79 Å². The fourth-order valence-corrected chi connectivity index (χ4v) is 2.03. The Morgan fingerprint density at radius 2 is 2.12 bits per heavy atom. The molecule has 0 N–H and O–H groups in total. The third kappa shape index (κ3) is 4.19. The number of unbranched alkanes of at least 4 members (excludes halogenated alkanes) is 1. The minimum absolute atomic E-state index is 0.00222. The van der Waals surface area contributed by atoms with Crippen molar-refractivity contribution in [2.45, 2.75) is 33.1 Å². The zero-order valence-electron chi connectivity index (χ0n) is 10.5. The molecule has 1 amide bonds. The number of halogens is 1. The smallest absolute Gasteiger partial charge is 0.289 e. The molecule has 0 aromatic carbocycles. The summed E-state index contributed by atoms with van der Waals surface area (Å²) >= 11 is 3.38. The summed E-state index contributed by atoms with van der Waals surface area (Å²) in [5.74, 6) is 1.32. The van der Waals surface area contributed by atoms with Crippen LogP contribution in [0.3, 0.4) is 0 Å². The van der Waals surface area contributed by atoms with E-state index in [1.165, 1.54) is 0 Å². The molecule has 0 aliphatic rings. The first kappa shape index (κ1) is 14.3. The van der Waals surface area contributed by atoms with Crippen molar-refractivity contribution in [1.29, 1.82) is 0 Å². The number of furan rings is 1. The maximum atomic E-state index is 12.2. The third-order valence-corrected chi connectivity index (χ3v) is 3.00. The highest BCUT2D eigenvalue weighted by molar-refractivity contribution is 9.09. The van der Waals surface area contributed by atoms with Crippen LogP contribution in [0.4, 0.5) is 0 Å². The lowest BCUT2D eigenvalue weighted by Gasteiger charge is -2.20. The Bertz CT molecular complexity index is 349. The number of rotatable bonds is 7. The minimum Gasteiger partial charge on any atom is -0.456 e. The Kier molecular flexibility index (Phi) is 6.34. The molecule has 1 aromatic heterocycles. The monoisotopic (exact) mass is 301 g/mol. The summed E-state index contributed by atoms with van der Waals surface area (Å²) in [7, 11) is 0. The van der Waals surface area contributed by atoms with E-state index in [0.29, 0.717) is 5.76 Å². The molecule has 0 saturated carbocycles. The Morgan fingerprint density at radius 3 is 2.65 bits per heavy atom. The summed E-state index contributed by atoms with van der Waals surface area (Å²) in [6, 6.07) is 3.65. The van der Waals surface area contributed by atoms with Crippen molar-refractivity contribution in [2.24, 2.45) is 0 Å². The average molecular weight is 302 g/mol. The van der Waals surface area contributed by atoms with Crippen molar-refractivity contribution in [2.75, 3.05) is 18.4 Å². The van der Waals surface area contributed by atoms with E-state index >= 15 is 0 Å². The number of hydrogen-bond donors (Lipinski definition) is 0. The zero-order chi connectivity index (χ0) is 12.7. The molecule has 1 rings (SSSR count). The van der Waals surface area contributed by atoms with E-state index in [1.54, 1.807) is 6.07 Å². The lowest BCUT2D eigenvalue weighted by molar-refractivity contribution is 0.0730. The van der Waals surface area contributed by atoms with Crippen molar-refractivity contribution >= 4 is 21.8 Å². The lowest BCUT2D eigenvalue weighted by atomic mass is 10.3. The molecule has 0 radical (unpaired) electrons. The summed E-state index contributed by atoms with van der Waals surface area (Å²) in [6.07, 6.45) is 2.94. The number of hydrogen-bond acceptors (Lipinski definition) is 2. The number of nitrogens with zero attached hydrogens (tertiary/aromatic N) is 1. The van der Waals surface area contributed by atoms with Gasteiger partial charge in [-0.1, -0.05) is 36.2 Å². The van der Waals surface area contributed by atoms with E-state index in [-0.39, 0.29) is 5.91 Å². The second kappa shape index (κ2) is 7.54. The van der Waals surface area contributed by atoms with Gasteiger partial charge in [-0.25, -0.2) is 0 Å². The van der Waals surface area contributed by atoms with Crippen molar-refractivity contribution in [3.8, 4) is 0 Å². The Morgan fingerprint density at radius 1 is 1.35 bits per heavy atom. The first-order chi connectivity index (χ1) is 8.22. The van der Waals surface area contributed by atoms with Crippen LogP contribution >= 0.6 is 15.9 Å². The molecule has 0 bridgehead atoms. The van der Waals surface area contributed by atoms with E-state index in [4.69, 9.17) is 4.42 Å². The normalized spacial score (nSPS) is 10.5. The molecule has 0 unspecified atom stereocenters. The van der Waals surface area contributed by atoms with Crippen LogP contribution in [0.5, 0.6) is 0 Å². The molecule has 0 fully saturated rings. The highest BCUT2D eigenvalue weighted by atomic mass is 79.9. The van der Waals surface area contributed by atoms with Gasteiger partial charge in [0, 0.05) is 24.8 Å². The van der Waals surface area contributed by atoms with Crippen LogP contribution in [0.1, 0.15) is 43.0 Å². The van der Waals surface area contributed by atoms with Crippen LogP contribution in [-0.2, 0) is 6.42 Å². The number of carbonyl (C=O) groups is 1. The van der Waals surface area contributed by atoms with Gasteiger partial charge in [-0.2, -0.15) is 0 Å². The van der Waals surface area contributed by atoms with Gasteiger partial charge < -0.3 is 9.32 Å². The van der Waals surface area contributed by atoms with E-state index in [2.05, 4.69) is 22.9 Å². The molecule has 0 atom stereocenters. The first-order valence-electron chi connectivity index (χ1n) is 6.16. The SMILES string of the molecule is CCCCN(CCBr)C(=O)c1ccc(CC)o1. The minimum atomic E-state index is -0.00222. The van der Waals surface area contributed by atoms with E-state index in [0.717, 1.165) is 43.4 Å². The largest absolute Gasteiger partial charge is 0.456 e. The molecule has 0 saturated heterocycles. The van der Waals surface area contributed by atoms with Crippen LogP contribution in [0.2, 0.25) is 0 Å². The van der Waals surface area contributed by atoms with Crippen molar-refractivity contribution in [1.82, 2.24) is 4.90 Å². The Labute approximate surface area is 111 Å². The van der Waals surface area contributed by atoms with Crippen LogP contribution in [0.15, 0.2) is 16.5 Å². The number of aryl methyl sites for hydroxylation is 1. The summed E-state index contributed by atoms with van der Waals surface area (Å²) < 4.78 is 5.50. The van der Waals surface area contributed by atoms with Gasteiger partial charge in [0.25, 0.3) is 5.91 Å². The maximum Gasteiger partial charge on any atom is 0.289 e. The summed E-state index contributed by atoms with van der Waals surface area (Å²) in [5, 5.41) is 0.795. The fraction of sp³-hybridized carbons (Fsp3) is 0.615. The van der Waals surface area contributed by atoms with Gasteiger partial charge >= 0.3 is 0 Å². The van der Waals surface area contributed by atoms with Gasteiger partial charge in [0.05, 0.1) is 0 Å². The standard InChI is InChI=1S/C13H20BrNO2/c1-3-5-9-15(10-8-14)13(16)12-7-6-11(4-2)17-12/h6-7H,3-5,8-10H2,1-2H3. The highest BCUT2D eigenvalue weighted by Gasteiger charge is 2.17. The quantitative estimate of drug-likeness (QED) is 0.723. The molecule has 96 valence electrons. The fourth-order valence-electron chi connectivity index (χ4n) is 1.60. The van der Waals surface area contributed by atoms with Gasteiger partial charge in [0.2, 0.25) is 0 Å². The molecule has 4 heteroatoms. The molecule has 17 heavy (non-hydrogen) atoms. The number of amides is 1. The van der Waals surface area contributed by atoms with Crippen molar-refractivity contribution in [3.05, 3.63) is 23.7 Å². The van der Waals surface area contributed by atoms with Gasteiger partial charge in [0.1, 0.15) is 5.76 Å². The number of carbonyl (C=O) groups excluding carboxylic acids is 1. The lowest BCUT2D eigenvalue weighted by Crippen LogP contribution is -2.33. The molecule has 0 aliphatic heterocycles. The molecule has 0 aliphatic carbocycles. The summed E-state index contributed by atoms with van der Waals surface area (Å²) in [5.41, 5.74) is 0.